The molecule has 1 aromatic heterocycles. The molecule has 0 spiro atoms. The fourth-order valence-electron chi connectivity index (χ4n) is 4.47. The minimum atomic E-state index is -3.81. The third-order valence-corrected chi connectivity index (χ3v) is 6.58. The van der Waals surface area contributed by atoms with E-state index < -0.39 is 34.5 Å². The minimum Gasteiger partial charge on any atom is -0.476 e. The van der Waals surface area contributed by atoms with E-state index in [1.165, 1.54) is 12.1 Å². The number of aromatic nitrogens is 2. The SMILES string of the molecule is CCN1C(=O)C(C)(C)Oc2cc3nc(C)nc(NC(C)c4cccc(C(F)(F)C(C)(C)O)c4F)c3cc21. The number of halogens is 3. The molecule has 37 heavy (non-hydrogen) atoms. The van der Waals surface area contributed by atoms with Crippen LogP contribution < -0.4 is 15.0 Å². The second kappa shape index (κ2) is 8.86. The van der Waals surface area contributed by atoms with Gasteiger partial charge in [-0.15, -0.1) is 0 Å². The van der Waals surface area contributed by atoms with Gasteiger partial charge in [0.05, 0.1) is 22.8 Å². The van der Waals surface area contributed by atoms with Gasteiger partial charge >= 0.3 is 5.92 Å². The van der Waals surface area contributed by atoms with Crippen molar-refractivity contribution in [1.82, 2.24) is 9.97 Å². The zero-order valence-electron chi connectivity index (χ0n) is 21.9. The van der Waals surface area contributed by atoms with Gasteiger partial charge < -0.3 is 20.1 Å². The van der Waals surface area contributed by atoms with Crippen LogP contribution >= 0.6 is 0 Å². The first-order valence-electron chi connectivity index (χ1n) is 12.1. The van der Waals surface area contributed by atoms with Crippen LogP contribution in [0.1, 0.15) is 64.5 Å². The van der Waals surface area contributed by atoms with Crippen LogP contribution in [0.2, 0.25) is 0 Å². The lowest BCUT2D eigenvalue weighted by atomic mass is 9.91. The van der Waals surface area contributed by atoms with E-state index in [0.29, 0.717) is 40.5 Å². The van der Waals surface area contributed by atoms with Gasteiger partial charge in [-0.2, -0.15) is 8.78 Å². The van der Waals surface area contributed by atoms with E-state index in [2.05, 4.69) is 15.3 Å². The van der Waals surface area contributed by atoms with Crippen molar-refractivity contribution in [2.75, 3.05) is 16.8 Å². The fourth-order valence-corrected chi connectivity index (χ4v) is 4.47. The van der Waals surface area contributed by atoms with Crippen molar-refractivity contribution in [2.45, 2.75) is 71.6 Å². The molecule has 198 valence electrons. The maximum atomic E-state index is 15.4. The molecule has 1 unspecified atom stereocenters. The lowest BCUT2D eigenvalue weighted by Gasteiger charge is -2.38. The summed E-state index contributed by atoms with van der Waals surface area (Å²) in [5.41, 5.74) is -3.30. The number of carbonyl (C=O) groups excluding carboxylic acids is 1. The number of nitrogens with zero attached hydrogens (tertiary/aromatic N) is 3. The molecule has 0 aliphatic carbocycles. The first kappa shape index (κ1) is 26.7. The monoisotopic (exact) mass is 516 g/mol. The van der Waals surface area contributed by atoms with Crippen LogP contribution in [-0.4, -0.2) is 38.7 Å². The number of aliphatic hydroxyl groups is 1. The van der Waals surface area contributed by atoms with E-state index in [1.54, 1.807) is 44.7 Å². The topological polar surface area (TPSA) is 87.6 Å². The first-order valence-corrected chi connectivity index (χ1v) is 12.1. The second-order valence-electron chi connectivity index (χ2n) is 10.3. The molecule has 1 aliphatic rings. The molecular weight excluding hydrogens is 485 g/mol. The summed E-state index contributed by atoms with van der Waals surface area (Å²) in [5.74, 6) is -3.82. The Morgan fingerprint density at radius 1 is 1.22 bits per heavy atom. The molecule has 0 saturated carbocycles. The highest BCUT2D eigenvalue weighted by atomic mass is 19.3. The lowest BCUT2D eigenvalue weighted by molar-refractivity contribution is -0.170. The number of anilines is 2. The molecule has 2 N–H and O–H groups in total. The van der Waals surface area contributed by atoms with Gasteiger partial charge in [0.25, 0.3) is 5.91 Å². The highest BCUT2D eigenvalue weighted by Crippen LogP contribution is 2.43. The van der Waals surface area contributed by atoms with Crippen molar-refractivity contribution in [3.8, 4) is 5.75 Å². The summed E-state index contributed by atoms with van der Waals surface area (Å²) >= 11 is 0. The summed E-state index contributed by atoms with van der Waals surface area (Å²) < 4.78 is 50.9. The van der Waals surface area contributed by atoms with Crippen molar-refractivity contribution in [3.05, 3.63) is 53.1 Å². The van der Waals surface area contributed by atoms with Crippen molar-refractivity contribution >= 4 is 28.3 Å². The van der Waals surface area contributed by atoms with E-state index in [-0.39, 0.29) is 11.5 Å². The second-order valence-corrected chi connectivity index (χ2v) is 10.3. The zero-order valence-corrected chi connectivity index (χ0v) is 21.9. The van der Waals surface area contributed by atoms with Gasteiger partial charge in [0, 0.05) is 23.6 Å². The molecule has 1 atom stereocenters. The number of rotatable bonds is 6. The van der Waals surface area contributed by atoms with Gasteiger partial charge in [0.1, 0.15) is 28.8 Å². The number of alkyl halides is 2. The molecule has 1 amide bonds. The lowest BCUT2D eigenvalue weighted by Crippen LogP contribution is -2.52. The molecule has 0 fully saturated rings. The molecule has 0 saturated heterocycles. The number of nitrogens with one attached hydrogen (secondary N) is 1. The Morgan fingerprint density at radius 3 is 2.51 bits per heavy atom. The summed E-state index contributed by atoms with van der Waals surface area (Å²) in [5, 5.41) is 13.6. The van der Waals surface area contributed by atoms with Gasteiger partial charge in [0.15, 0.2) is 5.60 Å². The number of likely N-dealkylation sites (N-methyl/N-ethyl adjacent to an activating group) is 1. The molecule has 4 rings (SSSR count). The molecule has 1 aliphatic heterocycles. The van der Waals surface area contributed by atoms with Crippen LogP contribution in [0.5, 0.6) is 5.75 Å². The van der Waals surface area contributed by atoms with Gasteiger partial charge in [-0.25, -0.2) is 14.4 Å². The Bertz CT molecular complexity index is 1390. The fraction of sp³-hybridized carbons (Fsp3) is 0.444. The van der Waals surface area contributed by atoms with E-state index >= 15 is 4.39 Å². The Kier molecular flexibility index (Phi) is 6.39. The van der Waals surface area contributed by atoms with Crippen LogP contribution in [0.3, 0.4) is 0 Å². The van der Waals surface area contributed by atoms with Gasteiger partial charge in [-0.1, -0.05) is 12.1 Å². The number of hydrogen-bond donors (Lipinski definition) is 2. The van der Waals surface area contributed by atoms with Crippen LogP contribution in [0, 0.1) is 12.7 Å². The van der Waals surface area contributed by atoms with Crippen molar-refractivity contribution in [2.24, 2.45) is 0 Å². The molecular formula is C27H31F3N4O3. The van der Waals surface area contributed by atoms with Crippen molar-refractivity contribution in [1.29, 1.82) is 0 Å². The van der Waals surface area contributed by atoms with E-state index in [0.717, 1.165) is 19.9 Å². The summed E-state index contributed by atoms with van der Waals surface area (Å²) in [6, 6.07) is 6.41. The maximum Gasteiger partial charge on any atom is 0.303 e. The molecule has 0 bridgehead atoms. The minimum absolute atomic E-state index is 0.0146. The maximum absolute atomic E-state index is 15.4. The smallest absolute Gasteiger partial charge is 0.303 e. The van der Waals surface area contributed by atoms with Crippen molar-refractivity contribution in [3.63, 3.8) is 0 Å². The average Bonchev–Trinajstić information content (AvgIpc) is 2.78. The Balaban J connectivity index is 1.79. The third kappa shape index (κ3) is 4.47. The van der Waals surface area contributed by atoms with E-state index in [9.17, 15) is 18.7 Å². The quantitative estimate of drug-likeness (QED) is 0.441. The molecule has 3 aromatic rings. The van der Waals surface area contributed by atoms with Gasteiger partial charge in [-0.3, -0.25) is 4.79 Å². The number of benzene rings is 2. The number of aryl methyl sites for hydroxylation is 1. The first-order chi connectivity index (χ1) is 17.1. The Hall–Kier alpha value is -3.40. The number of ether oxygens (including phenoxy) is 1. The molecule has 2 aromatic carbocycles. The van der Waals surface area contributed by atoms with Crippen LogP contribution in [0.25, 0.3) is 10.9 Å². The molecule has 10 heteroatoms. The number of hydrogen-bond acceptors (Lipinski definition) is 6. The summed E-state index contributed by atoms with van der Waals surface area (Å²) in [4.78, 5) is 23.5. The van der Waals surface area contributed by atoms with Gasteiger partial charge in [0.2, 0.25) is 0 Å². The summed E-state index contributed by atoms with van der Waals surface area (Å²) in [6.45, 7) is 10.9. The largest absolute Gasteiger partial charge is 0.476 e. The standard InChI is InChI=1S/C27H31F3N4O3/c1-8-34-20-12-17-19(13-21(20)37-25(4,5)24(34)35)32-15(3)33-23(17)31-14(2)16-10-9-11-18(22(16)28)27(29,30)26(6,7)36/h9-14,36H,8H2,1-7H3,(H,31,32,33). The van der Waals surface area contributed by atoms with E-state index in [1.807, 2.05) is 6.92 Å². The normalized spacial score (nSPS) is 16.4. The molecule has 0 radical (unpaired) electrons. The molecule has 2 heterocycles. The number of fused-ring (bicyclic) bond motifs is 2. The van der Waals surface area contributed by atoms with Gasteiger partial charge in [-0.05, 0) is 60.6 Å². The average molecular weight is 517 g/mol. The highest BCUT2D eigenvalue weighted by molar-refractivity contribution is 6.05. The Labute approximate surface area is 213 Å². The number of amides is 1. The highest BCUT2D eigenvalue weighted by Gasteiger charge is 2.49. The summed E-state index contributed by atoms with van der Waals surface area (Å²) in [7, 11) is 0. The van der Waals surface area contributed by atoms with Crippen LogP contribution in [0.15, 0.2) is 30.3 Å². The van der Waals surface area contributed by atoms with Crippen LogP contribution in [-0.2, 0) is 10.7 Å². The predicted molar refractivity (Wildman–Crippen MR) is 136 cm³/mol. The third-order valence-electron chi connectivity index (χ3n) is 6.58. The predicted octanol–water partition coefficient (Wildman–Crippen LogP) is 5.64. The number of carbonyl (C=O) groups is 1. The van der Waals surface area contributed by atoms with E-state index in [4.69, 9.17) is 4.74 Å². The summed E-state index contributed by atoms with van der Waals surface area (Å²) in [6.07, 6.45) is 0. The van der Waals surface area contributed by atoms with Crippen molar-refractivity contribution < 1.29 is 27.8 Å². The molecule has 7 nitrogen and oxygen atoms in total. The Morgan fingerprint density at radius 2 is 1.89 bits per heavy atom. The van der Waals surface area contributed by atoms with Crippen LogP contribution in [0.4, 0.5) is 24.7 Å². The zero-order chi connectivity index (χ0) is 27.5.